The molecule has 2 heteroatoms. The molecule has 0 saturated carbocycles. The Bertz CT molecular complexity index is 598. The molecule has 0 amide bonds. The zero-order valence-electron chi connectivity index (χ0n) is 12.1. The van der Waals surface area contributed by atoms with Gasteiger partial charge in [0, 0.05) is 11.0 Å². The van der Waals surface area contributed by atoms with Gasteiger partial charge in [0.1, 0.15) is 6.33 Å². The molecule has 102 valence electrons. The molecule has 2 nitrogen and oxygen atoms in total. The van der Waals surface area contributed by atoms with Crippen molar-refractivity contribution >= 4 is 0 Å². The highest BCUT2D eigenvalue weighted by Crippen LogP contribution is 2.28. The van der Waals surface area contributed by atoms with Gasteiger partial charge in [-0.05, 0) is 12.5 Å². The highest BCUT2D eigenvalue weighted by atomic mass is 14.8. The molecular weight excluding hydrogens is 244 g/mol. The van der Waals surface area contributed by atoms with E-state index in [4.69, 9.17) is 0 Å². The smallest absolute Gasteiger partial charge is 0.116 e. The van der Waals surface area contributed by atoms with Crippen LogP contribution in [0.15, 0.2) is 67.5 Å². The van der Waals surface area contributed by atoms with Crippen LogP contribution in [0.2, 0.25) is 0 Å². The molecule has 0 atom stereocenters. The van der Waals surface area contributed by atoms with Crippen LogP contribution < -0.4 is 0 Å². The quantitative estimate of drug-likeness (QED) is 0.740. The van der Waals surface area contributed by atoms with E-state index in [9.17, 15) is 0 Å². The summed E-state index contributed by atoms with van der Waals surface area (Å²) in [5.74, 6) is 0. The van der Waals surface area contributed by atoms with Crippen molar-refractivity contribution in [2.75, 3.05) is 0 Å². The van der Waals surface area contributed by atoms with E-state index in [2.05, 4.69) is 54.7 Å². The van der Waals surface area contributed by atoms with Gasteiger partial charge in [-0.3, -0.25) is 0 Å². The second kappa shape index (κ2) is 6.29. The first kappa shape index (κ1) is 14.2. The van der Waals surface area contributed by atoms with Crippen LogP contribution in [0.1, 0.15) is 26.0 Å². The largest absolute Gasteiger partial charge is 0.241 e. The summed E-state index contributed by atoms with van der Waals surface area (Å²) >= 11 is 0. The maximum Gasteiger partial charge on any atom is 0.116 e. The van der Waals surface area contributed by atoms with Gasteiger partial charge in [0.25, 0.3) is 0 Å². The minimum atomic E-state index is -0.0218. The molecule has 0 radical (unpaired) electrons. The van der Waals surface area contributed by atoms with Crippen LogP contribution in [0.5, 0.6) is 0 Å². The minimum Gasteiger partial charge on any atom is -0.241 e. The number of benzene rings is 1. The molecule has 1 aromatic heterocycles. The van der Waals surface area contributed by atoms with Crippen molar-refractivity contribution in [3.8, 4) is 11.3 Å². The first-order valence-corrected chi connectivity index (χ1v) is 6.79. The van der Waals surface area contributed by atoms with E-state index in [1.165, 1.54) is 0 Å². The summed E-state index contributed by atoms with van der Waals surface area (Å²) in [6, 6.07) is 12.3. The Morgan fingerprint density at radius 2 is 1.90 bits per heavy atom. The van der Waals surface area contributed by atoms with Gasteiger partial charge in [0.05, 0.1) is 11.4 Å². The fourth-order valence-electron chi connectivity index (χ4n) is 2.06. The molecule has 0 spiro atoms. The Labute approximate surface area is 120 Å². The van der Waals surface area contributed by atoms with Crippen LogP contribution in [0, 0.1) is 0 Å². The summed E-state index contributed by atoms with van der Waals surface area (Å²) in [6.07, 6.45) is 8.46. The molecule has 0 fully saturated rings. The Morgan fingerprint density at radius 3 is 2.60 bits per heavy atom. The molecule has 0 aliphatic rings. The van der Waals surface area contributed by atoms with E-state index < -0.39 is 0 Å². The van der Waals surface area contributed by atoms with Crippen LogP contribution in [0.4, 0.5) is 0 Å². The summed E-state index contributed by atoms with van der Waals surface area (Å²) in [7, 11) is 0. The third kappa shape index (κ3) is 3.41. The Morgan fingerprint density at radius 1 is 1.15 bits per heavy atom. The van der Waals surface area contributed by atoms with Gasteiger partial charge in [0.15, 0.2) is 0 Å². The highest BCUT2D eigenvalue weighted by molar-refractivity contribution is 5.59. The highest BCUT2D eigenvalue weighted by Gasteiger charge is 2.21. The lowest BCUT2D eigenvalue weighted by atomic mass is 9.84. The predicted molar refractivity (Wildman–Crippen MR) is 84.4 cm³/mol. The van der Waals surface area contributed by atoms with Gasteiger partial charge >= 0.3 is 0 Å². The molecule has 1 heterocycles. The number of rotatable bonds is 5. The van der Waals surface area contributed by atoms with Crippen LogP contribution >= 0.6 is 0 Å². The van der Waals surface area contributed by atoms with Crippen molar-refractivity contribution in [1.29, 1.82) is 0 Å². The topological polar surface area (TPSA) is 25.8 Å². The van der Waals surface area contributed by atoms with E-state index in [1.54, 1.807) is 12.4 Å². The second-order valence-corrected chi connectivity index (χ2v) is 5.41. The monoisotopic (exact) mass is 264 g/mol. The summed E-state index contributed by atoms with van der Waals surface area (Å²) < 4.78 is 0. The zero-order chi connectivity index (χ0) is 14.4. The molecule has 0 saturated heterocycles. The van der Waals surface area contributed by atoms with Gasteiger partial charge in [-0.1, -0.05) is 69.0 Å². The summed E-state index contributed by atoms with van der Waals surface area (Å²) in [5, 5.41) is 0. The molecule has 0 aliphatic carbocycles. The molecular formula is C18H20N2. The van der Waals surface area contributed by atoms with Crippen molar-refractivity contribution in [2.45, 2.75) is 25.7 Å². The van der Waals surface area contributed by atoms with E-state index in [0.717, 1.165) is 23.4 Å². The SMILES string of the molecule is C=C/C=C\CC(C)(C)c1cc(-c2ccccc2)ncn1. The lowest BCUT2D eigenvalue weighted by Crippen LogP contribution is -2.18. The Hall–Kier alpha value is -2.22. The second-order valence-electron chi connectivity index (χ2n) is 5.41. The molecule has 2 rings (SSSR count). The molecule has 0 unspecified atom stereocenters. The lowest BCUT2D eigenvalue weighted by molar-refractivity contribution is 0.515. The normalized spacial score (nSPS) is 11.7. The maximum absolute atomic E-state index is 4.44. The lowest BCUT2D eigenvalue weighted by Gasteiger charge is -2.22. The maximum atomic E-state index is 4.44. The van der Waals surface area contributed by atoms with Crippen LogP contribution in [-0.2, 0) is 5.41 Å². The third-order valence-electron chi connectivity index (χ3n) is 3.33. The van der Waals surface area contributed by atoms with Gasteiger partial charge in [-0.25, -0.2) is 9.97 Å². The zero-order valence-corrected chi connectivity index (χ0v) is 12.1. The molecule has 0 aliphatic heterocycles. The van der Waals surface area contributed by atoms with Gasteiger partial charge < -0.3 is 0 Å². The van der Waals surface area contributed by atoms with Crippen molar-refractivity contribution in [2.24, 2.45) is 0 Å². The fraction of sp³-hybridized carbons (Fsp3) is 0.222. The molecule has 0 bridgehead atoms. The average molecular weight is 264 g/mol. The average Bonchev–Trinajstić information content (AvgIpc) is 2.48. The fourth-order valence-corrected chi connectivity index (χ4v) is 2.06. The standard InChI is InChI=1S/C18H20N2/c1-4-5-9-12-18(2,3)17-13-16(19-14-20-17)15-10-7-6-8-11-15/h4-11,13-14H,1,12H2,2-3H3/b9-5-. The van der Waals surface area contributed by atoms with Crippen LogP contribution in [0.25, 0.3) is 11.3 Å². The van der Waals surface area contributed by atoms with Crippen molar-refractivity contribution < 1.29 is 0 Å². The van der Waals surface area contributed by atoms with Gasteiger partial charge in [0.2, 0.25) is 0 Å². The predicted octanol–water partition coefficient (Wildman–Crippen LogP) is 4.55. The number of hydrogen-bond acceptors (Lipinski definition) is 2. The third-order valence-corrected chi connectivity index (χ3v) is 3.33. The summed E-state index contributed by atoms with van der Waals surface area (Å²) in [6.45, 7) is 8.08. The summed E-state index contributed by atoms with van der Waals surface area (Å²) in [5.41, 5.74) is 3.12. The molecule has 0 N–H and O–H groups in total. The summed E-state index contributed by atoms with van der Waals surface area (Å²) in [4.78, 5) is 8.82. The van der Waals surface area contributed by atoms with E-state index >= 15 is 0 Å². The first-order valence-electron chi connectivity index (χ1n) is 6.79. The molecule has 1 aromatic carbocycles. The minimum absolute atomic E-state index is 0.0218. The van der Waals surface area contributed by atoms with E-state index in [0.29, 0.717) is 0 Å². The van der Waals surface area contributed by atoms with Crippen molar-refractivity contribution in [1.82, 2.24) is 9.97 Å². The van der Waals surface area contributed by atoms with Gasteiger partial charge in [-0.15, -0.1) is 0 Å². The van der Waals surface area contributed by atoms with Gasteiger partial charge in [-0.2, -0.15) is 0 Å². The number of allylic oxidation sites excluding steroid dienone is 3. The number of aromatic nitrogens is 2. The molecule has 20 heavy (non-hydrogen) atoms. The number of hydrogen-bond donors (Lipinski definition) is 0. The van der Waals surface area contributed by atoms with E-state index in [-0.39, 0.29) is 5.41 Å². The first-order chi connectivity index (χ1) is 9.63. The van der Waals surface area contributed by atoms with Crippen LogP contribution in [0.3, 0.4) is 0 Å². The molecule has 2 aromatic rings. The Kier molecular flexibility index (Phi) is 4.46. The number of nitrogens with zero attached hydrogens (tertiary/aromatic N) is 2. The Balaban J connectivity index is 2.30. The van der Waals surface area contributed by atoms with E-state index in [1.807, 2.05) is 24.3 Å². The van der Waals surface area contributed by atoms with Crippen molar-refractivity contribution in [3.63, 3.8) is 0 Å². The van der Waals surface area contributed by atoms with Crippen molar-refractivity contribution in [3.05, 3.63) is 73.2 Å². The van der Waals surface area contributed by atoms with Crippen LogP contribution in [-0.4, -0.2) is 9.97 Å².